The fraction of sp³-hybridized carbons (Fsp3) is 0.459. The topological polar surface area (TPSA) is 35.5 Å². The van der Waals surface area contributed by atoms with Crippen LogP contribution >= 0.6 is 0 Å². The first-order valence-corrected chi connectivity index (χ1v) is 14.7. The highest BCUT2D eigenvalue weighted by Gasteiger charge is 2.27. The minimum atomic E-state index is -0.139. The summed E-state index contributed by atoms with van der Waals surface area (Å²) >= 11 is 0. The maximum Gasteiger partial charge on any atom is 0.123 e. The number of hydrogen-bond donors (Lipinski definition) is 2. The molecule has 1 unspecified atom stereocenters. The van der Waals surface area contributed by atoms with Crippen LogP contribution in [0, 0.1) is 5.41 Å². The van der Waals surface area contributed by atoms with Crippen molar-refractivity contribution in [2.75, 3.05) is 10.2 Å². The van der Waals surface area contributed by atoms with E-state index in [0.717, 1.165) is 53.1 Å². The van der Waals surface area contributed by atoms with E-state index in [1.54, 1.807) is 0 Å². The molecule has 0 heterocycles. The van der Waals surface area contributed by atoms with Crippen LogP contribution in [-0.4, -0.2) is 11.1 Å². The first-order chi connectivity index (χ1) is 18.5. The molecule has 0 amide bonds. The van der Waals surface area contributed by atoms with Crippen LogP contribution in [-0.2, 0) is 17.3 Å². The highest BCUT2D eigenvalue weighted by atomic mass is 16.3. The van der Waals surface area contributed by atoms with Crippen molar-refractivity contribution in [1.82, 2.24) is 0 Å². The van der Waals surface area contributed by atoms with Crippen LogP contribution in [0.15, 0.2) is 79.0 Å². The zero-order valence-electron chi connectivity index (χ0n) is 26.7. The number of benzene rings is 3. The summed E-state index contributed by atoms with van der Waals surface area (Å²) in [7, 11) is 0. The first kappa shape index (κ1) is 31.3. The van der Waals surface area contributed by atoms with Crippen molar-refractivity contribution in [2.24, 2.45) is 5.41 Å². The number of nitrogens with one attached hydrogen (secondary N) is 1. The quantitative estimate of drug-likeness (QED) is 0.283. The lowest BCUT2D eigenvalue weighted by Gasteiger charge is -2.37. The lowest BCUT2D eigenvalue weighted by atomic mass is 9.78. The van der Waals surface area contributed by atoms with Crippen molar-refractivity contribution in [3.8, 4) is 5.75 Å². The zero-order valence-corrected chi connectivity index (χ0v) is 26.7. The summed E-state index contributed by atoms with van der Waals surface area (Å²) in [6.07, 6.45) is 2.77. The second-order valence-electron chi connectivity index (χ2n) is 14.6. The molecule has 0 fully saturated rings. The van der Waals surface area contributed by atoms with Crippen LogP contribution in [0.5, 0.6) is 5.75 Å². The minimum Gasteiger partial charge on any atom is -0.507 e. The van der Waals surface area contributed by atoms with Gasteiger partial charge in [-0.15, -0.1) is 0 Å². The Morgan fingerprint density at radius 1 is 0.800 bits per heavy atom. The highest BCUT2D eigenvalue weighted by molar-refractivity contribution is 5.64. The van der Waals surface area contributed by atoms with Gasteiger partial charge in [0.05, 0.1) is 0 Å². The van der Waals surface area contributed by atoms with E-state index in [2.05, 4.69) is 135 Å². The summed E-state index contributed by atoms with van der Waals surface area (Å²) in [5.74, 6) is 0.437. The molecule has 3 nitrogen and oxygen atoms in total. The molecule has 216 valence electrons. The number of aromatic hydroxyl groups is 1. The highest BCUT2D eigenvalue weighted by Crippen LogP contribution is 2.40. The average molecular weight is 541 g/mol. The molecule has 2 N–H and O–H groups in total. The van der Waals surface area contributed by atoms with Crippen molar-refractivity contribution in [3.05, 3.63) is 95.7 Å². The van der Waals surface area contributed by atoms with Crippen LogP contribution in [0.2, 0.25) is 0 Å². The third kappa shape index (κ3) is 8.40. The molecule has 0 saturated carbocycles. The molecule has 3 aromatic carbocycles. The van der Waals surface area contributed by atoms with E-state index in [1.165, 1.54) is 5.56 Å². The van der Waals surface area contributed by atoms with Crippen LogP contribution in [0.25, 0.3) is 0 Å². The van der Waals surface area contributed by atoms with Gasteiger partial charge in [0.1, 0.15) is 5.75 Å². The number of phenolic OH excluding ortho intramolecular Hbond substituents is 1. The third-order valence-electron chi connectivity index (χ3n) is 7.39. The number of anilines is 3. The van der Waals surface area contributed by atoms with Crippen molar-refractivity contribution in [2.45, 2.75) is 105 Å². The Morgan fingerprint density at radius 3 is 1.77 bits per heavy atom. The predicted molar refractivity (Wildman–Crippen MR) is 175 cm³/mol. The molecular formula is C37H52N2O. The number of nitrogens with zero attached hydrogens (tertiary/aromatic N) is 1. The predicted octanol–water partition coefficient (Wildman–Crippen LogP) is 10.5. The van der Waals surface area contributed by atoms with Gasteiger partial charge in [-0.1, -0.05) is 99.2 Å². The molecule has 0 aromatic heterocycles. The number of hydrogen-bond acceptors (Lipinski definition) is 3. The lowest BCUT2D eigenvalue weighted by molar-refractivity contribution is 0.344. The van der Waals surface area contributed by atoms with Gasteiger partial charge in [0.25, 0.3) is 0 Å². The third-order valence-corrected chi connectivity index (χ3v) is 7.39. The summed E-state index contributed by atoms with van der Waals surface area (Å²) in [6.45, 7) is 26.8. The summed E-state index contributed by atoms with van der Waals surface area (Å²) in [4.78, 5) is 2.42. The smallest absolute Gasteiger partial charge is 0.123 e. The summed E-state index contributed by atoms with van der Waals surface area (Å²) in [6, 6.07) is 23.7. The summed E-state index contributed by atoms with van der Waals surface area (Å²) < 4.78 is 0. The Labute approximate surface area is 244 Å². The van der Waals surface area contributed by atoms with Gasteiger partial charge >= 0.3 is 0 Å². The van der Waals surface area contributed by atoms with E-state index in [1.807, 2.05) is 18.2 Å². The van der Waals surface area contributed by atoms with Crippen LogP contribution in [0.4, 0.5) is 17.1 Å². The van der Waals surface area contributed by atoms with E-state index in [-0.39, 0.29) is 16.2 Å². The van der Waals surface area contributed by atoms with Gasteiger partial charge in [-0.25, -0.2) is 0 Å². The SMILES string of the molecule is C=C(CCc1cc(C(C)(C)C)c(O)c(C(C)(C)C)c1)N(c1ccc(Nc2ccccc2)cc1)C(C)CC(C)(C)C. The average Bonchev–Trinajstić information content (AvgIpc) is 2.82. The zero-order chi connectivity index (χ0) is 29.9. The molecule has 0 saturated heterocycles. The molecular weight excluding hydrogens is 488 g/mol. The molecule has 0 bridgehead atoms. The van der Waals surface area contributed by atoms with E-state index >= 15 is 0 Å². The van der Waals surface area contributed by atoms with Gasteiger partial charge in [0.15, 0.2) is 0 Å². The van der Waals surface area contributed by atoms with Crippen molar-refractivity contribution >= 4 is 17.1 Å². The molecule has 3 rings (SSSR count). The minimum absolute atomic E-state index is 0.139. The summed E-state index contributed by atoms with van der Waals surface area (Å²) in [5, 5.41) is 14.7. The number of rotatable bonds is 9. The Balaban J connectivity index is 1.89. The van der Waals surface area contributed by atoms with Gasteiger partial charge in [0.2, 0.25) is 0 Å². The van der Waals surface area contributed by atoms with Crippen LogP contribution < -0.4 is 10.2 Å². The normalized spacial score (nSPS) is 13.2. The molecule has 0 radical (unpaired) electrons. The Kier molecular flexibility index (Phi) is 9.50. The van der Waals surface area contributed by atoms with E-state index < -0.39 is 0 Å². The molecule has 0 spiro atoms. The maximum atomic E-state index is 11.2. The van der Waals surface area contributed by atoms with Crippen molar-refractivity contribution in [1.29, 1.82) is 0 Å². The molecule has 40 heavy (non-hydrogen) atoms. The second kappa shape index (κ2) is 12.1. The molecule has 3 aromatic rings. The number of aryl methyl sites for hydroxylation is 1. The standard InChI is InChI=1S/C37H52N2O/c1-26(17-18-28-23-32(36(6,7)8)34(40)33(24-28)37(9,10)11)39(27(2)25-35(3,4)5)31-21-19-30(20-22-31)38-29-15-13-12-14-16-29/h12-16,19-24,27,38,40H,1,17-18,25H2,2-11H3. The monoisotopic (exact) mass is 540 g/mol. The van der Waals surface area contributed by atoms with Gasteiger partial charge < -0.3 is 15.3 Å². The van der Waals surface area contributed by atoms with E-state index in [0.29, 0.717) is 11.8 Å². The fourth-order valence-electron chi connectivity index (χ4n) is 5.51. The molecule has 0 aliphatic carbocycles. The molecule has 0 aliphatic rings. The van der Waals surface area contributed by atoms with Crippen molar-refractivity contribution in [3.63, 3.8) is 0 Å². The van der Waals surface area contributed by atoms with Gasteiger partial charge in [-0.3, -0.25) is 0 Å². The number of phenols is 1. The van der Waals surface area contributed by atoms with Crippen LogP contribution in [0.1, 0.15) is 98.8 Å². The molecule has 0 aliphatic heterocycles. The second-order valence-corrected chi connectivity index (χ2v) is 14.6. The lowest BCUT2D eigenvalue weighted by Crippen LogP contribution is -2.35. The fourth-order valence-corrected chi connectivity index (χ4v) is 5.51. The number of allylic oxidation sites excluding steroid dienone is 1. The Morgan fingerprint density at radius 2 is 1.30 bits per heavy atom. The van der Waals surface area contributed by atoms with E-state index in [9.17, 15) is 5.11 Å². The Bertz CT molecular complexity index is 1230. The summed E-state index contributed by atoms with van der Waals surface area (Å²) in [5.41, 5.74) is 7.63. The van der Waals surface area contributed by atoms with Gasteiger partial charge in [-0.05, 0) is 95.5 Å². The van der Waals surface area contributed by atoms with E-state index in [4.69, 9.17) is 0 Å². The largest absolute Gasteiger partial charge is 0.507 e. The number of para-hydroxylation sites is 1. The molecule has 3 heteroatoms. The van der Waals surface area contributed by atoms with Crippen molar-refractivity contribution < 1.29 is 5.11 Å². The Hall–Kier alpha value is -3.20. The first-order valence-electron chi connectivity index (χ1n) is 14.7. The van der Waals surface area contributed by atoms with Crippen LogP contribution in [0.3, 0.4) is 0 Å². The molecule has 1 atom stereocenters. The van der Waals surface area contributed by atoms with Gasteiger partial charge in [0, 0.05) is 28.8 Å². The van der Waals surface area contributed by atoms with Gasteiger partial charge in [-0.2, -0.15) is 0 Å². The maximum absolute atomic E-state index is 11.2.